The molecule has 1 amide bonds. The number of nitrogens with one attached hydrogen (secondary N) is 1. The Morgan fingerprint density at radius 1 is 1.24 bits per heavy atom. The summed E-state index contributed by atoms with van der Waals surface area (Å²) in [4.78, 5) is 26.0. The molecule has 0 aliphatic carbocycles. The van der Waals surface area contributed by atoms with Crippen molar-refractivity contribution in [3.63, 3.8) is 0 Å². The Bertz CT molecular complexity index is 1180. The van der Waals surface area contributed by atoms with Crippen LogP contribution in [0.25, 0.3) is 11.5 Å². The number of carbonyl (C=O) groups excluding carboxylic acids is 1. The van der Waals surface area contributed by atoms with Crippen LogP contribution in [0.3, 0.4) is 0 Å². The molecule has 176 valence electrons. The Kier molecular flexibility index (Phi) is 7.44. The molecule has 1 aromatic heterocycles. The van der Waals surface area contributed by atoms with Gasteiger partial charge in [0, 0.05) is 36.3 Å². The number of carbonyl (C=O) groups is 1. The van der Waals surface area contributed by atoms with Crippen molar-refractivity contribution in [3.8, 4) is 17.2 Å². The van der Waals surface area contributed by atoms with Crippen LogP contribution in [-0.4, -0.2) is 48.0 Å². The highest BCUT2D eigenvalue weighted by atomic mass is 35.5. The van der Waals surface area contributed by atoms with Crippen LogP contribution in [0.4, 0.5) is 18.0 Å². The van der Waals surface area contributed by atoms with E-state index in [-0.39, 0.29) is 23.7 Å². The van der Waals surface area contributed by atoms with E-state index >= 15 is 0 Å². The standard InChI is InChI=1S/C21H20ClF3N4O4/c1-26-9-10-28(2)19(30)32-17-8-7-16(22)11-14(17)12-29-20(31)33-18(27-29)13-3-5-15(6-4-13)21(23,24)25/h3-8,11,26H,9-10,12H2,1-2H3. The third kappa shape index (κ3) is 6.14. The molecule has 0 aliphatic rings. The molecule has 0 bridgehead atoms. The SMILES string of the molecule is CNCCN(C)C(=O)Oc1ccc(Cl)cc1Cn1nc(-c2ccc(C(F)(F)F)cc2)oc1=O. The quantitative estimate of drug-likeness (QED) is 0.547. The van der Waals surface area contributed by atoms with Gasteiger partial charge in [-0.2, -0.15) is 17.9 Å². The van der Waals surface area contributed by atoms with E-state index in [0.717, 1.165) is 28.9 Å². The first kappa shape index (κ1) is 24.3. The van der Waals surface area contributed by atoms with E-state index < -0.39 is 23.6 Å². The van der Waals surface area contributed by atoms with E-state index in [9.17, 15) is 22.8 Å². The Hall–Kier alpha value is -3.31. The van der Waals surface area contributed by atoms with Crippen LogP contribution < -0.4 is 15.8 Å². The molecule has 3 rings (SSSR count). The molecule has 0 saturated heterocycles. The summed E-state index contributed by atoms with van der Waals surface area (Å²) in [5.74, 6) is -0.818. The van der Waals surface area contributed by atoms with E-state index in [1.807, 2.05) is 0 Å². The Morgan fingerprint density at radius 3 is 2.58 bits per heavy atom. The number of nitrogens with zero attached hydrogens (tertiary/aromatic N) is 3. The van der Waals surface area contributed by atoms with Gasteiger partial charge in [-0.3, -0.25) is 0 Å². The molecule has 1 heterocycles. The van der Waals surface area contributed by atoms with E-state index in [4.69, 9.17) is 20.8 Å². The summed E-state index contributed by atoms with van der Waals surface area (Å²) in [6.07, 6.45) is -5.09. The molecule has 0 atom stereocenters. The molecule has 0 saturated carbocycles. The highest BCUT2D eigenvalue weighted by Gasteiger charge is 2.30. The maximum atomic E-state index is 12.8. The van der Waals surface area contributed by atoms with Crippen LogP contribution in [0.1, 0.15) is 11.1 Å². The molecule has 8 nitrogen and oxygen atoms in total. The number of rotatable bonds is 7. The van der Waals surface area contributed by atoms with Crippen molar-refractivity contribution in [2.45, 2.75) is 12.7 Å². The van der Waals surface area contributed by atoms with Crippen molar-refractivity contribution in [3.05, 3.63) is 69.2 Å². The zero-order valence-electron chi connectivity index (χ0n) is 17.6. The van der Waals surface area contributed by atoms with Crippen LogP contribution in [-0.2, 0) is 12.7 Å². The highest BCUT2D eigenvalue weighted by Crippen LogP contribution is 2.30. The van der Waals surface area contributed by atoms with Gasteiger partial charge in [-0.1, -0.05) is 11.6 Å². The smallest absolute Gasteiger partial charge is 0.410 e. The number of alkyl halides is 3. The maximum Gasteiger partial charge on any atom is 0.437 e. The number of likely N-dealkylation sites (N-methyl/N-ethyl adjacent to an activating group) is 2. The van der Waals surface area contributed by atoms with Crippen LogP contribution in [0.2, 0.25) is 5.02 Å². The van der Waals surface area contributed by atoms with Crippen molar-refractivity contribution in [1.29, 1.82) is 0 Å². The first-order valence-corrected chi connectivity index (χ1v) is 10.1. The fourth-order valence-corrected chi connectivity index (χ4v) is 2.99. The molecule has 0 aliphatic heterocycles. The summed E-state index contributed by atoms with van der Waals surface area (Å²) in [5.41, 5.74) is -0.256. The van der Waals surface area contributed by atoms with Crippen molar-refractivity contribution >= 4 is 17.7 Å². The zero-order valence-corrected chi connectivity index (χ0v) is 18.4. The second-order valence-corrected chi connectivity index (χ2v) is 7.49. The monoisotopic (exact) mass is 484 g/mol. The summed E-state index contributed by atoms with van der Waals surface area (Å²) in [5, 5.41) is 7.31. The molecular formula is C21H20ClF3N4O4. The van der Waals surface area contributed by atoms with E-state index in [0.29, 0.717) is 23.7 Å². The molecule has 1 N–H and O–H groups in total. The maximum absolute atomic E-state index is 12.8. The number of hydrogen-bond acceptors (Lipinski definition) is 6. The van der Waals surface area contributed by atoms with Crippen LogP contribution in [0.5, 0.6) is 5.75 Å². The molecule has 0 fully saturated rings. The predicted molar refractivity (Wildman–Crippen MR) is 114 cm³/mol. The normalized spacial score (nSPS) is 11.5. The van der Waals surface area contributed by atoms with Gasteiger partial charge in [0.05, 0.1) is 12.1 Å². The first-order valence-electron chi connectivity index (χ1n) is 9.70. The second-order valence-electron chi connectivity index (χ2n) is 7.05. The predicted octanol–water partition coefficient (Wildman–Crippen LogP) is 3.87. The van der Waals surface area contributed by atoms with Crippen LogP contribution >= 0.6 is 11.6 Å². The van der Waals surface area contributed by atoms with Crippen molar-refractivity contribution in [2.24, 2.45) is 0 Å². The summed E-state index contributed by atoms with van der Waals surface area (Å²) in [6, 6.07) is 8.58. The average Bonchev–Trinajstić information content (AvgIpc) is 3.13. The lowest BCUT2D eigenvalue weighted by Crippen LogP contribution is -2.35. The number of benzene rings is 2. The van der Waals surface area contributed by atoms with Crippen molar-refractivity contribution in [1.82, 2.24) is 20.0 Å². The molecular weight excluding hydrogens is 465 g/mol. The zero-order chi connectivity index (χ0) is 24.2. The number of halogens is 4. The third-order valence-electron chi connectivity index (χ3n) is 4.61. The van der Waals surface area contributed by atoms with Gasteiger partial charge >= 0.3 is 18.0 Å². The molecule has 0 radical (unpaired) electrons. The Morgan fingerprint density at radius 2 is 1.94 bits per heavy atom. The van der Waals surface area contributed by atoms with E-state index in [1.54, 1.807) is 14.1 Å². The minimum atomic E-state index is -4.49. The van der Waals surface area contributed by atoms with Crippen LogP contribution in [0.15, 0.2) is 51.7 Å². The van der Waals surface area contributed by atoms with Gasteiger partial charge in [-0.05, 0) is 49.5 Å². The average molecular weight is 485 g/mol. The summed E-state index contributed by atoms with van der Waals surface area (Å²) >= 11 is 6.06. The highest BCUT2D eigenvalue weighted by molar-refractivity contribution is 6.30. The molecule has 33 heavy (non-hydrogen) atoms. The number of hydrogen-bond donors (Lipinski definition) is 1. The van der Waals surface area contributed by atoms with Gasteiger partial charge in [0.2, 0.25) is 5.89 Å². The minimum absolute atomic E-state index is 0.146. The summed E-state index contributed by atoms with van der Waals surface area (Å²) in [7, 11) is 3.33. The number of ether oxygens (including phenoxy) is 1. The van der Waals surface area contributed by atoms with Crippen molar-refractivity contribution < 1.29 is 27.1 Å². The van der Waals surface area contributed by atoms with Gasteiger partial charge < -0.3 is 19.4 Å². The van der Waals surface area contributed by atoms with Gasteiger partial charge in [0.25, 0.3) is 0 Å². The first-order chi connectivity index (χ1) is 15.6. The van der Waals surface area contributed by atoms with Gasteiger partial charge in [-0.25, -0.2) is 9.59 Å². The molecule has 3 aromatic rings. The molecule has 0 unspecified atom stereocenters. The van der Waals surface area contributed by atoms with Crippen LogP contribution in [0, 0.1) is 0 Å². The summed E-state index contributed by atoms with van der Waals surface area (Å²) < 4.78 is 49.8. The fraction of sp³-hybridized carbons (Fsp3) is 0.286. The lowest BCUT2D eigenvalue weighted by molar-refractivity contribution is -0.137. The lowest BCUT2D eigenvalue weighted by atomic mass is 10.1. The number of amides is 1. The second kappa shape index (κ2) is 10.1. The largest absolute Gasteiger partial charge is 0.437 e. The molecule has 12 heteroatoms. The van der Waals surface area contributed by atoms with Gasteiger partial charge in [-0.15, -0.1) is 5.10 Å². The molecule has 2 aromatic carbocycles. The third-order valence-corrected chi connectivity index (χ3v) is 4.85. The van der Waals surface area contributed by atoms with Gasteiger partial charge in [0.1, 0.15) is 5.75 Å². The summed E-state index contributed by atoms with van der Waals surface area (Å²) in [6.45, 7) is 0.837. The Balaban J connectivity index is 1.83. The van der Waals surface area contributed by atoms with E-state index in [1.165, 1.54) is 23.1 Å². The van der Waals surface area contributed by atoms with Crippen molar-refractivity contribution in [2.75, 3.05) is 27.2 Å². The topological polar surface area (TPSA) is 89.6 Å². The number of aromatic nitrogens is 2. The Labute approximate surface area is 191 Å². The van der Waals surface area contributed by atoms with E-state index in [2.05, 4.69) is 10.4 Å². The van der Waals surface area contributed by atoms with Gasteiger partial charge in [0.15, 0.2) is 0 Å². The molecule has 0 spiro atoms. The minimum Gasteiger partial charge on any atom is -0.410 e. The lowest BCUT2D eigenvalue weighted by Gasteiger charge is -2.18. The fourth-order valence-electron chi connectivity index (χ4n) is 2.80.